The maximum absolute atomic E-state index is 14.2. The van der Waals surface area contributed by atoms with Crippen LogP contribution >= 0.6 is 0 Å². The Labute approximate surface area is 150 Å². The van der Waals surface area contributed by atoms with Crippen LogP contribution in [0.25, 0.3) is 22.4 Å². The van der Waals surface area contributed by atoms with Crippen LogP contribution in [0.5, 0.6) is 0 Å². The number of aromatic nitrogens is 3. The lowest BCUT2D eigenvalue weighted by Gasteiger charge is -2.28. The standard InChI is InChI=1S/C19H19FN4O2/c1-3-12-8-13-9-15(19-21-11(2)23-26-19)18(22-17(13)10-16(12)20)24-6-4-14(25)5-7-24/h8-10H,3-7H2,1-2H3. The summed E-state index contributed by atoms with van der Waals surface area (Å²) < 4.78 is 19.6. The molecular weight excluding hydrogens is 335 g/mol. The molecule has 0 unspecified atom stereocenters. The maximum Gasteiger partial charge on any atom is 0.261 e. The van der Waals surface area contributed by atoms with Crippen LogP contribution in [0.4, 0.5) is 10.2 Å². The zero-order chi connectivity index (χ0) is 18.3. The Morgan fingerprint density at radius 1 is 1.19 bits per heavy atom. The van der Waals surface area contributed by atoms with Gasteiger partial charge in [0, 0.05) is 37.4 Å². The fourth-order valence-electron chi connectivity index (χ4n) is 3.28. The maximum atomic E-state index is 14.2. The Bertz CT molecular complexity index is 989. The number of fused-ring (bicyclic) bond motifs is 1. The number of anilines is 1. The summed E-state index contributed by atoms with van der Waals surface area (Å²) in [6, 6.07) is 5.20. The molecule has 1 saturated heterocycles. The van der Waals surface area contributed by atoms with Crippen LogP contribution in [0.2, 0.25) is 0 Å². The quantitative estimate of drug-likeness (QED) is 0.717. The Kier molecular flexibility index (Phi) is 4.14. The second kappa shape index (κ2) is 6.48. The number of halogens is 1. The highest BCUT2D eigenvalue weighted by Gasteiger charge is 2.24. The molecule has 1 aliphatic rings. The first-order valence-corrected chi connectivity index (χ1v) is 8.75. The van der Waals surface area contributed by atoms with Gasteiger partial charge in [0.05, 0.1) is 11.1 Å². The van der Waals surface area contributed by atoms with E-state index in [1.165, 1.54) is 6.07 Å². The molecule has 26 heavy (non-hydrogen) atoms. The molecule has 6 nitrogen and oxygen atoms in total. The van der Waals surface area contributed by atoms with Crippen LogP contribution in [-0.2, 0) is 11.2 Å². The highest BCUT2D eigenvalue weighted by Crippen LogP contribution is 2.33. The van der Waals surface area contributed by atoms with E-state index in [2.05, 4.69) is 10.1 Å². The number of hydrogen-bond acceptors (Lipinski definition) is 6. The normalized spacial score (nSPS) is 15.0. The first-order chi connectivity index (χ1) is 12.5. The number of carbonyl (C=O) groups excluding carboxylic acids is 1. The fraction of sp³-hybridized carbons (Fsp3) is 0.368. The molecule has 0 atom stereocenters. The van der Waals surface area contributed by atoms with Crippen molar-refractivity contribution >= 4 is 22.5 Å². The van der Waals surface area contributed by atoms with Gasteiger partial charge in [0.15, 0.2) is 5.82 Å². The topological polar surface area (TPSA) is 72.1 Å². The summed E-state index contributed by atoms with van der Waals surface area (Å²) >= 11 is 0. The van der Waals surface area contributed by atoms with E-state index < -0.39 is 0 Å². The van der Waals surface area contributed by atoms with Gasteiger partial charge in [-0.3, -0.25) is 4.79 Å². The summed E-state index contributed by atoms with van der Waals surface area (Å²) in [6.07, 6.45) is 1.56. The molecule has 0 bridgehead atoms. The van der Waals surface area contributed by atoms with Crippen molar-refractivity contribution in [2.75, 3.05) is 18.0 Å². The molecule has 0 amide bonds. The van der Waals surface area contributed by atoms with Gasteiger partial charge < -0.3 is 9.42 Å². The molecule has 2 aromatic heterocycles. The molecule has 0 N–H and O–H groups in total. The van der Waals surface area contributed by atoms with Gasteiger partial charge in [-0.15, -0.1) is 0 Å². The fourth-order valence-corrected chi connectivity index (χ4v) is 3.28. The molecule has 3 aromatic rings. The van der Waals surface area contributed by atoms with E-state index in [0.717, 1.165) is 5.39 Å². The van der Waals surface area contributed by atoms with Crippen molar-refractivity contribution in [3.05, 3.63) is 35.4 Å². The molecular formula is C19H19FN4O2. The zero-order valence-electron chi connectivity index (χ0n) is 14.8. The lowest BCUT2D eigenvalue weighted by molar-refractivity contribution is -0.119. The summed E-state index contributed by atoms with van der Waals surface area (Å²) in [5.41, 5.74) is 1.93. The number of rotatable bonds is 3. The number of Topliss-reactive ketones (excluding diaryl/α,β-unsaturated/α-hetero) is 1. The van der Waals surface area contributed by atoms with E-state index in [-0.39, 0.29) is 11.6 Å². The highest BCUT2D eigenvalue weighted by atomic mass is 19.1. The summed E-state index contributed by atoms with van der Waals surface area (Å²) in [6.45, 7) is 4.82. The number of nitrogens with zero attached hydrogens (tertiary/aromatic N) is 4. The van der Waals surface area contributed by atoms with Crippen molar-refractivity contribution in [3.63, 3.8) is 0 Å². The predicted molar refractivity (Wildman–Crippen MR) is 95.6 cm³/mol. The monoisotopic (exact) mass is 354 g/mol. The molecule has 0 spiro atoms. The van der Waals surface area contributed by atoms with Gasteiger partial charge in [0.1, 0.15) is 17.4 Å². The predicted octanol–water partition coefficient (Wildman–Crippen LogP) is 3.46. The molecule has 1 aliphatic heterocycles. The van der Waals surface area contributed by atoms with Gasteiger partial charge in [-0.1, -0.05) is 12.1 Å². The minimum absolute atomic E-state index is 0.246. The van der Waals surface area contributed by atoms with E-state index >= 15 is 0 Å². The van der Waals surface area contributed by atoms with Crippen molar-refractivity contribution in [1.29, 1.82) is 0 Å². The summed E-state index contributed by atoms with van der Waals surface area (Å²) in [7, 11) is 0. The Morgan fingerprint density at radius 3 is 2.62 bits per heavy atom. The Hall–Kier alpha value is -2.83. The third-order valence-corrected chi connectivity index (χ3v) is 4.72. The number of hydrogen-bond donors (Lipinski definition) is 0. The van der Waals surface area contributed by atoms with E-state index in [1.54, 1.807) is 6.92 Å². The van der Waals surface area contributed by atoms with Crippen molar-refractivity contribution < 1.29 is 13.7 Å². The minimum atomic E-state index is -0.256. The highest BCUT2D eigenvalue weighted by molar-refractivity contribution is 5.89. The molecule has 1 aromatic carbocycles. The third kappa shape index (κ3) is 2.94. The molecule has 0 radical (unpaired) electrons. The summed E-state index contributed by atoms with van der Waals surface area (Å²) in [5, 5.41) is 4.70. The molecule has 7 heteroatoms. The molecule has 134 valence electrons. The van der Waals surface area contributed by atoms with Crippen LogP contribution < -0.4 is 4.90 Å². The van der Waals surface area contributed by atoms with E-state index in [1.807, 2.05) is 24.0 Å². The number of piperidine rings is 1. The number of carbonyl (C=O) groups is 1. The second-order valence-corrected chi connectivity index (χ2v) is 6.52. The smallest absolute Gasteiger partial charge is 0.261 e. The number of benzene rings is 1. The van der Waals surface area contributed by atoms with Crippen LogP contribution in [0.1, 0.15) is 31.2 Å². The molecule has 0 aliphatic carbocycles. The van der Waals surface area contributed by atoms with Crippen molar-refractivity contribution in [2.45, 2.75) is 33.1 Å². The third-order valence-electron chi connectivity index (χ3n) is 4.72. The average molecular weight is 354 g/mol. The summed E-state index contributed by atoms with van der Waals surface area (Å²) in [5.74, 6) is 1.56. The summed E-state index contributed by atoms with van der Waals surface area (Å²) in [4.78, 5) is 22.6. The van der Waals surface area contributed by atoms with Crippen molar-refractivity contribution in [3.8, 4) is 11.5 Å². The van der Waals surface area contributed by atoms with Gasteiger partial charge >= 0.3 is 0 Å². The minimum Gasteiger partial charge on any atom is -0.355 e. The Balaban J connectivity index is 1.90. The van der Waals surface area contributed by atoms with Gasteiger partial charge in [-0.2, -0.15) is 4.98 Å². The molecule has 3 heterocycles. The number of aryl methyl sites for hydroxylation is 2. The molecule has 0 saturated carbocycles. The molecule has 4 rings (SSSR count). The van der Waals surface area contributed by atoms with Gasteiger partial charge in [0.2, 0.25) is 0 Å². The lowest BCUT2D eigenvalue weighted by Crippen LogP contribution is -2.34. The largest absolute Gasteiger partial charge is 0.355 e. The van der Waals surface area contributed by atoms with Crippen LogP contribution in [0, 0.1) is 12.7 Å². The van der Waals surface area contributed by atoms with E-state index in [4.69, 9.17) is 9.51 Å². The van der Waals surface area contributed by atoms with Gasteiger partial charge in [-0.05, 0) is 31.0 Å². The molecule has 1 fully saturated rings. The van der Waals surface area contributed by atoms with Crippen molar-refractivity contribution in [2.24, 2.45) is 0 Å². The zero-order valence-corrected chi connectivity index (χ0v) is 14.8. The average Bonchev–Trinajstić information content (AvgIpc) is 3.07. The lowest BCUT2D eigenvalue weighted by atomic mass is 10.0. The van der Waals surface area contributed by atoms with Crippen LogP contribution in [0.15, 0.2) is 22.7 Å². The van der Waals surface area contributed by atoms with E-state index in [0.29, 0.717) is 66.5 Å². The Morgan fingerprint density at radius 2 is 1.96 bits per heavy atom. The SMILES string of the molecule is CCc1cc2cc(-c3nc(C)no3)c(N3CCC(=O)CC3)nc2cc1F. The van der Waals surface area contributed by atoms with Crippen LogP contribution in [-0.4, -0.2) is 34.0 Å². The van der Waals surface area contributed by atoms with Gasteiger partial charge in [0.25, 0.3) is 5.89 Å². The number of ketones is 1. The first kappa shape index (κ1) is 16.6. The van der Waals surface area contributed by atoms with Crippen LogP contribution in [0.3, 0.4) is 0 Å². The second-order valence-electron chi connectivity index (χ2n) is 6.52. The van der Waals surface area contributed by atoms with E-state index in [9.17, 15) is 9.18 Å². The van der Waals surface area contributed by atoms with Crippen molar-refractivity contribution in [1.82, 2.24) is 15.1 Å². The first-order valence-electron chi connectivity index (χ1n) is 8.75. The number of pyridine rings is 1. The van der Waals surface area contributed by atoms with Gasteiger partial charge in [-0.25, -0.2) is 9.37 Å².